The van der Waals surface area contributed by atoms with Crippen molar-refractivity contribution in [2.24, 2.45) is 0 Å². The van der Waals surface area contributed by atoms with Gasteiger partial charge in [-0.3, -0.25) is 14.6 Å². The molecule has 2 aliphatic heterocycles. The molecule has 0 saturated carbocycles. The van der Waals surface area contributed by atoms with E-state index in [1.165, 1.54) is 12.3 Å². The van der Waals surface area contributed by atoms with Gasteiger partial charge in [0.15, 0.2) is 5.78 Å². The Kier molecular flexibility index (Phi) is 8.07. The number of carbonyl (C=O) groups is 2. The van der Waals surface area contributed by atoms with Crippen molar-refractivity contribution in [3.8, 4) is 0 Å². The summed E-state index contributed by atoms with van der Waals surface area (Å²) >= 11 is 0. The topological polar surface area (TPSA) is 103 Å². The van der Waals surface area contributed by atoms with E-state index in [0.29, 0.717) is 29.9 Å². The van der Waals surface area contributed by atoms with Crippen LogP contribution in [-0.2, 0) is 10.0 Å². The smallest absolute Gasteiger partial charge is 0.253 e. The summed E-state index contributed by atoms with van der Waals surface area (Å²) in [5, 5.41) is 4.53. The van der Waals surface area contributed by atoms with Crippen LogP contribution < -0.4 is 4.72 Å². The summed E-state index contributed by atoms with van der Waals surface area (Å²) in [6, 6.07) is 12.3. The molecule has 0 unspecified atom stereocenters. The zero-order valence-electron chi connectivity index (χ0n) is 19.8. The number of nitrogens with zero attached hydrogens (tertiary/aromatic N) is 4. The number of allylic oxidation sites excluding steroid dienone is 1. The van der Waals surface area contributed by atoms with Crippen LogP contribution in [0.1, 0.15) is 39.3 Å². The fraction of sp³-hybridized carbons (Fsp3) is 0.400. The van der Waals surface area contributed by atoms with Crippen LogP contribution in [0.5, 0.6) is 0 Å². The lowest BCUT2D eigenvalue weighted by molar-refractivity contribution is -0.0666. The molecule has 35 heavy (non-hydrogen) atoms. The standard InChI is InChI=1S/C25H31N5O4S/c1-35(33,34)27-23-11-14-29(15-12-23)30-18-16-28(17-19-30)25(32)21-7-5-20(6-8-21)24(31)10-9-22-4-2-3-13-26-22/h2-10,13,23,27H,11-12,14-19H2,1H3. The van der Waals surface area contributed by atoms with Gasteiger partial charge >= 0.3 is 0 Å². The number of rotatable bonds is 7. The van der Waals surface area contributed by atoms with Crippen molar-refractivity contribution in [3.05, 3.63) is 71.6 Å². The van der Waals surface area contributed by atoms with E-state index >= 15 is 0 Å². The number of carbonyl (C=O) groups excluding carboxylic acids is 2. The van der Waals surface area contributed by atoms with E-state index < -0.39 is 10.0 Å². The maximum atomic E-state index is 13.0. The number of aromatic nitrogens is 1. The molecule has 1 N–H and O–H groups in total. The molecule has 1 aromatic heterocycles. The Balaban J connectivity index is 1.26. The number of hydrazine groups is 1. The van der Waals surface area contributed by atoms with Crippen LogP contribution in [0.25, 0.3) is 6.08 Å². The van der Waals surface area contributed by atoms with Gasteiger partial charge in [0.1, 0.15) is 0 Å². The molecule has 0 aliphatic carbocycles. The molecule has 0 radical (unpaired) electrons. The first kappa shape index (κ1) is 25.2. The summed E-state index contributed by atoms with van der Waals surface area (Å²) in [4.78, 5) is 31.4. The highest BCUT2D eigenvalue weighted by molar-refractivity contribution is 7.88. The van der Waals surface area contributed by atoms with Gasteiger partial charge in [-0.05, 0) is 49.3 Å². The molecule has 186 valence electrons. The molecule has 2 fully saturated rings. The van der Waals surface area contributed by atoms with Gasteiger partial charge in [0.25, 0.3) is 5.91 Å². The van der Waals surface area contributed by atoms with Gasteiger partial charge in [0, 0.05) is 62.6 Å². The molecule has 0 atom stereocenters. The molecule has 0 bridgehead atoms. The lowest BCUT2D eigenvalue weighted by Crippen LogP contribution is -2.57. The maximum Gasteiger partial charge on any atom is 0.253 e. The van der Waals surface area contributed by atoms with Crippen molar-refractivity contribution < 1.29 is 18.0 Å². The van der Waals surface area contributed by atoms with E-state index in [-0.39, 0.29) is 17.7 Å². The average Bonchev–Trinajstić information content (AvgIpc) is 2.87. The Morgan fingerprint density at radius 2 is 1.54 bits per heavy atom. The van der Waals surface area contributed by atoms with Gasteiger partial charge in [-0.25, -0.2) is 23.2 Å². The molecule has 2 aromatic rings. The second-order valence-corrected chi connectivity index (χ2v) is 10.7. The summed E-state index contributed by atoms with van der Waals surface area (Å²) in [5.74, 6) is -0.178. The Bertz CT molecular complexity index is 1150. The predicted octanol–water partition coefficient (Wildman–Crippen LogP) is 1.66. The third kappa shape index (κ3) is 7.04. The average molecular weight is 498 g/mol. The number of pyridine rings is 1. The number of hydrogen-bond acceptors (Lipinski definition) is 7. The Morgan fingerprint density at radius 1 is 0.914 bits per heavy atom. The van der Waals surface area contributed by atoms with Crippen LogP contribution in [0, 0.1) is 0 Å². The Labute approximate surface area is 206 Å². The molecule has 10 heteroatoms. The van der Waals surface area contributed by atoms with Crippen molar-refractivity contribution in [1.29, 1.82) is 0 Å². The van der Waals surface area contributed by atoms with Crippen molar-refractivity contribution in [3.63, 3.8) is 0 Å². The lowest BCUT2D eigenvalue weighted by Gasteiger charge is -2.44. The summed E-state index contributed by atoms with van der Waals surface area (Å²) in [5.41, 5.74) is 1.80. The van der Waals surface area contributed by atoms with E-state index in [0.717, 1.165) is 39.0 Å². The van der Waals surface area contributed by atoms with Crippen LogP contribution in [0.4, 0.5) is 0 Å². The quantitative estimate of drug-likeness (QED) is 0.458. The van der Waals surface area contributed by atoms with Crippen LogP contribution >= 0.6 is 0 Å². The number of nitrogens with one attached hydrogen (secondary N) is 1. The minimum Gasteiger partial charge on any atom is -0.336 e. The first-order valence-corrected chi connectivity index (χ1v) is 13.7. The fourth-order valence-corrected chi connectivity index (χ4v) is 5.28. The van der Waals surface area contributed by atoms with Crippen molar-refractivity contribution in [1.82, 2.24) is 24.6 Å². The van der Waals surface area contributed by atoms with E-state index in [9.17, 15) is 18.0 Å². The van der Waals surface area contributed by atoms with Crippen LogP contribution in [0.3, 0.4) is 0 Å². The van der Waals surface area contributed by atoms with Crippen LogP contribution in [0.15, 0.2) is 54.7 Å². The highest BCUT2D eigenvalue weighted by atomic mass is 32.2. The second kappa shape index (κ2) is 11.2. The summed E-state index contributed by atoms with van der Waals surface area (Å²) in [7, 11) is -3.18. The van der Waals surface area contributed by atoms with E-state index in [1.807, 2.05) is 23.1 Å². The van der Waals surface area contributed by atoms with Crippen molar-refractivity contribution in [2.75, 3.05) is 45.5 Å². The zero-order chi connectivity index (χ0) is 24.8. The third-order valence-electron chi connectivity index (χ3n) is 6.30. The van der Waals surface area contributed by atoms with Crippen LogP contribution in [-0.4, -0.2) is 91.6 Å². The van der Waals surface area contributed by atoms with E-state index in [4.69, 9.17) is 0 Å². The van der Waals surface area contributed by atoms with Crippen LogP contribution in [0.2, 0.25) is 0 Å². The van der Waals surface area contributed by atoms with Gasteiger partial charge in [0.05, 0.1) is 11.9 Å². The monoisotopic (exact) mass is 497 g/mol. The first-order valence-electron chi connectivity index (χ1n) is 11.8. The van der Waals surface area contributed by atoms with Gasteiger partial charge < -0.3 is 4.90 Å². The van der Waals surface area contributed by atoms with Gasteiger partial charge in [-0.1, -0.05) is 18.2 Å². The lowest BCUT2D eigenvalue weighted by atomic mass is 10.1. The highest BCUT2D eigenvalue weighted by Gasteiger charge is 2.29. The van der Waals surface area contributed by atoms with Crippen molar-refractivity contribution in [2.45, 2.75) is 18.9 Å². The molecular weight excluding hydrogens is 466 g/mol. The zero-order valence-corrected chi connectivity index (χ0v) is 20.7. The molecular formula is C25H31N5O4S. The van der Waals surface area contributed by atoms with E-state index in [1.54, 1.807) is 36.5 Å². The number of ketones is 1. The first-order chi connectivity index (χ1) is 16.8. The normalized spacial score (nSPS) is 18.7. The number of hydrogen-bond donors (Lipinski definition) is 1. The van der Waals surface area contributed by atoms with Gasteiger partial charge in [-0.2, -0.15) is 0 Å². The molecule has 2 aliphatic rings. The number of sulfonamides is 1. The molecule has 9 nitrogen and oxygen atoms in total. The molecule has 4 rings (SSSR count). The third-order valence-corrected chi connectivity index (χ3v) is 7.07. The largest absolute Gasteiger partial charge is 0.336 e. The predicted molar refractivity (Wildman–Crippen MR) is 134 cm³/mol. The van der Waals surface area contributed by atoms with Gasteiger partial charge in [0.2, 0.25) is 10.0 Å². The van der Waals surface area contributed by atoms with Gasteiger partial charge in [-0.15, -0.1) is 0 Å². The summed E-state index contributed by atoms with van der Waals surface area (Å²) in [6.45, 7) is 4.31. The SMILES string of the molecule is CS(=O)(=O)NC1CCN(N2CCN(C(=O)c3ccc(C(=O)C=Cc4ccccn4)cc3)CC2)CC1. The summed E-state index contributed by atoms with van der Waals surface area (Å²) in [6.07, 6.45) is 7.57. The Morgan fingerprint density at radius 3 is 2.14 bits per heavy atom. The molecule has 0 spiro atoms. The minimum absolute atomic E-state index is 0.00975. The number of amides is 1. The molecule has 1 aromatic carbocycles. The fourth-order valence-electron chi connectivity index (χ4n) is 4.44. The maximum absolute atomic E-state index is 13.0. The Hall–Kier alpha value is -2.92. The van der Waals surface area contributed by atoms with E-state index in [2.05, 4.69) is 19.7 Å². The molecule has 3 heterocycles. The van der Waals surface area contributed by atoms with Crippen molar-refractivity contribution >= 4 is 27.8 Å². The summed E-state index contributed by atoms with van der Waals surface area (Å²) < 4.78 is 25.6. The number of benzene rings is 1. The number of piperazine rings is 1. The highest BCUT2D eigenvalue weighted by Crippen LogP contribution is 2.17. The molecule has 2 saturated heterocycles. The second-order valence-electron chi connectivity index (χ2n) is 8.89. The minimum atomic E-state index is -3.18. The molecule has 1 amide bonds. The number of piperidine rings is 1.